The van der Waals surface area contributed by atoms with Crippen LogP contribution < -0.4 is 9.47 Å². The molecule has 23 heavy (non-hydrogen) atoms. The highest BCUT2D eigenvalue weighted by Gasteiger charge is 2.29. The van der Waals surface area contributed by atoms with Crippen LogP contribution in [0, 0.1) is 0 Å². The minimum absolute atomic E-state index is 0.0579. The number of para-hydroxylation sites is 2. The predicted molar refractivity (Wildman–Crippen MR) is 85.8 cm³/mol. The normalized spacial score (nSPS) is 15.8. The van der Waals surface area contributed by atoms with E-state index in [0.29, 0.717) is 17.1 Å². The standard InChI is InChI=1S/C17H13BrO5/c18-12-7-5-11(6-8-12)13(19)9-22-17(20)16-10-21-14-3-1-2-4-15(14)23-16/h1-8,16H,9-10H2. The Morgan fingerprint density at radius 1 is 1.09 bits per heavy atom. The number of ketones is 1. The third-order valence-electron chi connectivity index (χ3n) is 3.28. The van der Waals surface area contributed by atoms with Crippen LogP contribution in [-0.4, -0.2) is 31.1 Å². The third-order valence-corrected chi connectivity index (χ3v) is 3.81. The fraction of sp³-hybridized carbons (Fsp3) is 0.176. The molecule has 1 aliphatic heterocycles. The van der Waals surface area contributed by atoms with E-state index in [0.717, 1.165) is 4.47 Å². The minimum atomic E-state index is -0.873. The molecule has 0 bridgehead atoms. The molecule has 0 amide bonds. The summed E-state index contributed by atoms with van der Waals surface area (Å²) >= 11 is 3.30. The molecule has 0 aromatic heterocycles. The Bertz CT molecular complexity index is 726. The highest BCUT2D eigenvalue weighted by Crippen LogP contribution is 2.31. The average Bonchev–Trinajstić information content (AvgIpc) is 2.59. The molecular weight excluding hydrogens is 364 g/mol. The number of carbonyl (C=O) groups is 2. The van der Waals surface area contributed by atoms with Gasteiger partial charge in [0.25, 0.3) is 0 Å². The van der Waals surface area contributed by atoms with Gasteiger partial charge in [0.1, 0.15) is 6.61 Å². The molecule has 1 unspecified atom stereocenters. The van der Waals surface area contributed by atoms with Gasteiger partial charge in [-0.3, -0.25) is 4.79 Å². The first-order valence-electron chi connectivity index (χ1n) is 6.97. The molecule has 118 valence electrons. The SMILES string of the molecule is O=C(COC(=O)C1COc2ccccc2O1)c1ccc(Br)cc1. The van der Waals surface area contributed by atoms with E-state index >= 15 is 0 Å². The van der Waals surface area contributed by atoms with Gasteiger partial charge in [0.05, 0.1) is 0 Å². The molecule has 0 saturated heterocycles. The topological polar surface area (TPSA) is 61.8 Å². The second-order valence-electron chi connectivity index (χ2n) is 4.90. The maximum Gasteiger partial charge on any atom is 0.351 e. The van der Waals surface area contributed by atoms with Gasteiger partial charge in [0, 0.05) is 10.0 Å². The van der Waals surface area contributed by atoms with E-state index in [-0.39, 0.29) is 19.0 Å². The molecule has 6 heteroatoms. The van der Waals surface area contributed by atoms with Crippen LogP contribution in [0.5, 0.6) is 11.5 Å². The van der Waals surface area contributed by atoms with Crippen LogP contribution in [0.15, 0.2) is 53.0 Å². The molecule has 1 heterocycles. The highest BCUT2D eigenvalue weighted by atomic mass is 79.9. The maximum atomic E-state index is 12.0. The number of Topliss-reactive ketones (excluding diaryl/α,β-unsaturated/α-hetero) is 1. The minimum Gasteiger partial charge on any atom is -0.485 e. The van der Waals surface area contributed by atoms with Crippen molar-refractivity contribution in [2.24, 2.45) is 0 Å². The Labute approximate surface area is 141 Å². The van der Waals surface area contributed by atoms with Crippen molar-refractivity contribution in [1.82, 2.24) is 0 Å². The Balaban J connectivity index is 1.56. The second-order valence-corrected chi connectivity index (χ2v) is 5.82. The van der Waals surface area contributed by atoms with Crippen molar-refractivity contribution >= 4 is 27.7 Å². The van der Waals surface area contributed by atoms with E-state index in [1.165, 1.54) is 0 Å². The van der Waals surface area contributed by atoms with Crippen molar-refractivity contribution in [3.63, 3.8) is 0 Å². The van der Waals surface area contributed by atoms with Gasteiger partial charge >= 0.3 is 5.97 Å². The Kier molecular flexibility index (Phi) is 4.62. The summed E-state index contributed by atoms with van der Waals surface area (Å²) in [5.74, 6) is 0.176. The van der Waals surface area contributed by atoms with E-state index in [9.17, 15) is 9.59 Å². The Hall–Kier alpha value is -2.34. The number of halogens is 1. The van der Waals surface area contributed by atoms with Gasteiger partial charge in [-0.25, -0.2) is 4.79 Å². The van der Waals surface area contributed by atoms with Crippen LogP contribution >= 0.6 is 15.9 Å². The number of hydrogen-bond acceptors (Lipinski definition) is 5. The largest absolute Gasteiger partial charge is 0.485 e. The fourth-order valence-electron chi connectivity index (χ4n) is 2.08. The molecule has 3 rings (SSSR count). The van der Waals surface area contributed by atoms with Crippen molar-refractivity contribution in [2.45, 2.75) is 6.10 Å². The summed E-state index contributed by atoms with van der Waals surface area (Å²) in [5, 5.41) is 0. The molecule has 0 fully saturated rings. The molecule has 0 radical (unpaired) electrons. The molecule has 1 aliphatic rings. The summed E-state index contributed by atoms with van der Waals surface area (Å²) in [6.45, 7) is -0.274. The molecule has 1 atom stereocenters. The summed E-state index contributed by atoms with van der Waals surface area (Å²) in [5.41, 5.74) is 0.479. The molecule has 0 aliphatic carbocycles. The molecular formula is C17H13BrO5. The summed E-state index contributed by atoms with van der Waals surface area (Å²) in [4.78, 5) is 24.0. The zero-order valence-electron chi connectivity index (χ0n) is 12.0. The van der Waals surface area contributed by atoms with Crippen molar-refractivity contribution in [1.29, 1.82) is 0 Å². The number of hydrogen-bond donors (Lipinski definition) is 0. The van der Waals surface area contributed by atoms with Crippen molar-refractivity contribution in [3.8, 4) is 11.5 Å². The van der Waals surface area contributed by atoms with Crippen LogP contribution in [-0.2, 0) is 9.53 Å². The molecule has 0 N–H and O–H groups in total. The molecule has 2 aromatic rings. The number of esters is 1. The number of ether oxygens (including phenoxy) is 3. The van der Waals surface area contributed by atoms with Gasteiger partial charge in [-0.15, -0.1) is 0 Å². The maximum absolute atomic E-state index is 12.0. The number of fused-ring (bicyclic) bond motifs is 1. The van der Waals surface area contributed by atoms with Crippen molar-refractivity contribution in [2.75, 3.05) is 13.2 Å². The van der Waals surface area contributed by atoms with E-state index in [1.807, 2.05) is 6.07 Å². The van der Waals surface area contributed by atoms with Crippen LogP contribution in [0.25, 0.3) is 0 Å². The fourth-order valence-corrected chi connectivity index (χ4v) is 2.35. The van der Waals surface area contributed by atoms with Crippen LogP contribution in [0.1, 0.15) is 10.4 Å². The Morgan fingerprint density at radius 2 is 1.78 bits per heavy atom. The van der Waals surface area contributed by atoms with Gasteiger partial charge in [-0.1, -0.05) is 40.2 Å². The highest BCUT2D eigenvalue weighted by molar-refractivity contribution is 9.10. The lowest BCUT2D eigenvalue weighted by atomic mass is 10.1. The Morgan fingerprint density at radius 3 is 2.52 bits per heavy atom. The summed E-state index contributed by atoms with van der Waals surface area (Å²) < 4.78 is 16.9. The van der Waals surface area contributed by atoms with E-state index < -0.39 is 12.1 Å². The van der Waals surface area contributed by atoms with Crippen molar-refractivity contribution in [3.05, 3.63) is 58.6 Å². The predicted octanol–water partition coefficient (Wildman–Crippen LogP) is 3.02. The molecule has 2 aromatic carbocycles. The number of carbonyl (C=O) groups excluding carboxylic acids is 2. The zero-order valence-corrected chi connectivity index (χ0v) is 13.6. The van der Waals surface area contributed by atoms with Gasteiger partial charge in [0.2, 0.25) is 6.10 Å². The lowest BCUT2D eigenvalue weighted by Gasteiger charge is -2.24. The third kappa shape index (κ3) is 3.71. The van der Waals surface area contributed by atoms with Crippen LogP contribution in [0.4, 0.5) is 0 Å². The van der Waals surface area contributed by atoms with Crippen molar-refractivity contribution < 1.29 is 23.8 Å². The monoisotopic (exact) mass is 376 g/mol. The summed E-state index contributed by atoms with van der Waals surface area (Å²) in [7, 11) is 0. The van der Waals surface area contributed by atoms with Gasteiger partial charge < -0.3 is 14.2 Å². The second kappa shape index (κ2) is 6.83. The number of benzene rings is 2. The van der Waals surface area contributed by atoms with E-state index in [1.54, 1.807) is 42.5 Å². The molecule has 0 saturated carbocycles. The van der Waals surface area contributed by atoms with Crippen LogP contribution in [0.3, 0.4) is 0 Å². The van der Waals surface area contributed by atoms with E-state index in [2.05, 4.69) is 15.9 Å². The quantitative estimate of drug-likeness (QED) is 0.606. The molecule has 5 nitrogen and oxygen atoms in total. The van der Waals surface area contributed by atoms with Crippen LogP contribution in [0.2, 0.25) is 0 Å². The molecule has 0 spiro atoms. The first-order valence-corrected chi connectivity index (χ1v) is 7.76. The lowest BCUT2D eigenvalue weighted by molar-refractivity contribution is -0.153. The average molecular weight is 377 g/mol. The zero-order chi connectivity index (χ0) is 16.2. The summed E-state index contributed by atoms with van der Waals surface area (Å²) in [6.07, 6.45) is -0.873. The van der Waals surface area contributed by atoms with E-state index in [4.69, 9.17) is 14.2 Å². The smallest absolute Gasteiger partial charge is 0.351 e. The van der Waals surface area contributed by atoms with Gasteiger partial charge in [0.15, 0.2) is 23.9 Å². The number of rotatable bonds is 4. The first kappa shape index (κ1) is 15.6. The van der Waals surface area contributed by atoms with Gasteiger partial charge in [-0.05, 0) is 24.3 Å². The lowest BCUT2D eigenvalue weighted by Crippen LogP contribution is -2.38. The summed E-state index contributed by atoms with van der Waals surface area (Å²) in [6, 6.07) is 13.9. The van der Waals surface area contributed by atoms with Gasteiger partial charge in [-0.2, -0.15) is 0 Å². The first-order chi connectivity index (χ1) is 11.1.